The Morgan fingerprint density at radius 1 is 1.29 bits per heavy atom. The van der Waals surface area contributed by atoms with Crippen molar-refractivity contribution in [1.29, 1.82) is 5.26 Å². The molecule has 6 N–H and O–H groups in total. The molecule has 220 valence electrons. The van der Waals surface area contributed by atoms with Gasteiger partial charge in [0.25, 0.3) is 0 Å². The van der Waals surface area contributed by atoms with Crippen molar-refractivity contribution in [3.8, 4) is 11.8 Å². The van der Waals surface area contributed by atoms with Crippen LogP contribution in [0.15, 0.2) is 36.4 Å². The van der Waals surface area contributed by atoms with Crippen molar-refractivity contribution in [3.05, 3.63) is 47.5 Å². The van der Waals surface area contributed by atoms with Crippen LogP contribution in [0.1, 0.15) is 30.9 Å². The molecule has 42 heavy (non-hydrogen) atoms. The second-order valence-electron chi connectivity index (χ2n) is 10.3. The number of nitrogens with zero attached hydrogens (tertiary/aromatic N) is 6. The number of rotatable bonds is 9. The molecular weight excluding hydrogens is 558 g/mol. The van der Waals surface area contributed by atoms with Gasteiger partial charge in [-0.15, -0.1) is 0 Å². The Kier molecular flexibility index (Phi) is 8.32. The minimum absolute atomic E-state index is 0.0755. The van der Waals surface area contributed by atoms with Crippen molar-refractivity contribution in [1.82, 2.24) is 30.1 Å². The number of nitrogens with two attached hydrogens (primary N) is 2. The van der Waals surface area contributed by atoms with E-state index in [2.05, 4.69) is 10.3 Å². The van der Waals surface area contributed by atoms with Gasteiger partial charge >= 0.3 is 6.03 Å². The number of hydrazine groups is 1. The number of carbonyl (C=O) groups is 3. The molecule has 0 bridgehead atoms. The summed E-state index contributed by atoms with van der Waals surface area (Å²) in [4.78, 5) is 48.4. The predicted octanol–water partition coefficient (Wildman–Crippen LogP) is 1.84. The summed E-state index contributed by atoms with van der Waals surface area (Å²) >= 11 is 1.36. The van der Waals surface area contributed by atoms with Crippen molar-refractivity contribution >= 4 is 50.2 Å². The molecule has 14 heteroatoms. The van der Waals surface area contributed by atoms with Gasteiger partial charge in [-0.1, -0.05) is 42.9 Å². The molecule has 2 aliphatic heterocycles. The van der Waals surface area contributed by atoms with Crippen LogP contribution in [0.4, 0.5) is 15.6 Å². The van der Waals surface area contributed by atoms with Crippen LogP contribution in [0.3, 0.4) is 0 Å². The first-order valence-corrected chi connectivity index (χ1v) is 14.5. The van der Waals surface area contributed by atoms with E-state index in [-0.39, 0.29) is 55.9 Å². The average Bonchev–Trinajstić information content (AvgIpc) is 3.50. The minimum Gasteiger partial charge on any atom is -0.506 e. The fourth-order valence-corrected chi connectivity index (χ4v) is 6.29. The van der Waals surface area contributed by atoms with Crippen molar-refractivity contribution in [2.24, 2.45) is 0 Å². The maximum atomic E-state index is 14.1. The van der Waals surface area contributed by atoms with Gasteiger partial charge in [-0.25, -0.2) is 14.8 Å². The third-order valence-electron chi connectivity index (χ3n) is 7.54. The van der Waals surface area contributed by atoms with Gasteiger partial charge in [0.1, 0.15) is 24.5 Å². The van der Waals surface area contributed by atoms with E-state index < -0.39 is 18.2 Å². The number of hydrogen-bond donors (Lipinski definition) is 4. The fraction of sp³-hybridized carbons (Fsp3) is 0.393. The zero-order chi connectivity index (χ0) is 30.0. The lowest BCUT2D eigenvalue weighted by Gasteiger charge is -2.46. The first kappa shape index (κ1) is 28.9. The van der Waals surface area contributed by atoms with Crippen LogP contribution in [0.25, 0.3) is 10.2 Å². The lowest BCUT2D eigenvalue weighted by atomic mass is 9.99. The maximum Gasteiger partial charge on any atom is 0.333 e. The van der Waals surface area contributed by atoms with Crippen molar-refractivity contribution < 1.29 is 19.5 Å². The molecule has 2 fully saturated rings. The molecule has 4 amide bonds. The largest absolute Gasteiger partial charge is 0.506 e. The standard InChI is InChI=1S/C28H33N9O4S/c1-2-3-10-32-28(41)35(11-9-29)36-16-24(39)37-20(13-17-7-8-21(38)19(30)12-17)26(40)34(15-23(36)37)14-18-5-4-6-22-25(18)33-27(31)42-22/h4-8,12,20,23,38H,2-3,10-11,13-16,30H2,1H3,(H2,31,33)(H,32,41)/t20-,23+/m0/s1. The van der Waals surface area contributed by atoms with Gasteiger partial charge < -0.3 is 31.7 Å². The Balaban J connectivity index is 1.50. The molecule has 0 radical (unpaired) electrons. The molecule has 2 atom stereocenters. The van der Waals surface area contributed by atoms with Crippen LogP contribution in [-0.4, -0.2) is 86.1 Å². The van der Waals surface area contributed by atoms with Crippen molar-refractivity contribution in [2.75, 3.05) is 37.6 Å². The number of aromatic hydroxyl groups is 1. The molecule has 2 aromatic carbocycles. The number of nitrogens with one attached hydrogen (secondary N) is 1. The van der Waals surface area contributed by atoms with Gasteiger partial charge in [0.2, 0.25) is 11.8 Å². The molecule has 0 saturated carbocycles. The summed E-state index contributed by atoms with van der Waals surface area (Å²) in [7, 11) is 0. The molecule has 2 aliphatic rings. The van der Waals surface area contributed by atoms with E-state index in [1.807, 2.05) is 31.2 Å². The summed E-state index contributed by atoms with van der Waals surface area (Å²) in [6, 6.07) is 11.0. The molecule has 3 heterocycles. The number of nitriles is 1. The molecule has 2 saturated heterocycles. The number of phenolic OH excluding ortho intramolecular Hbond substituents is 1. The van der Waals surface area contributed by atoms with Gasteiger partial charge in [-0.3, -0.25) is 9.59 Å². The van der Waals surface area contributed by atoms with E-state index in [9.17, 15) is 24.8 Å². The molecule has 0 spiro atoms. The smallest absolute Gasteiger partial charge is 0.333 e. The summed E-state index contributed by atoms with van der Waals surface area (Å²) in [5.41, 5.74) is 14.2. The molecule has 5 rings (SSSR count). The summed E-state index contributed by atoms with van der Waals surface area (Å²) in [5, 5.41) is 25.5. The second kappa shape index (κ2) is 12.1. The summed E-state index contributed by atoms with van der Waals surface area (Å²) in [6.07, 6.45) is 1.10. The second-order valence-corrected chi connectivity index (χ2v) is 11.4. The molecule has 0 unspecified atom stereocenters. The Morgan fingerprint density at radius 3 is 2.83 bits per heavy atom. The van der Waals surface area contributed by atoms with E-state index in [4.69, 9.17) is 11.5 Å². The van der Waals surface area contributed by atoms with Crippen LogP contribution in [0.2, 0.25) is 0 Å². The SMILES string of the molecule is CCCCNC(=O)N(CC#N)N1CC(=O)N2[C@@H](Cc3ccc(O)c(N)c3)C(=O)N(Cc3cccc4sc(N)nc34)C[C@@H]21. The van der Waals surface area contributed by atoms with Crippen LogP contribution >= 0.6 is 11.3 Å². The number of carbonyl (C=O) groups excluding carboxylic acids is 3. The number of aromatic nitrogens is 1. The Morgan fingerprint density at radius 2 is 2.10 bits per heavy atom. The van der Waals surface area contributed by atoms with Gasteiger partial charge in [0.05, 0.1) is 35.1 Å². The number of phenols is 1. The van der Waals surface area contributed by atoms with Crippen LogP contribution in [0.5, 0.6) is 5.75 Å². The number of fused-ring (bicyclic) bond motifs is 2. The Bertz CT molecular complexity index is 1550. The first-order valence-electron chi connectivity index (χ1n) is 13.7. The van der Waals surface area contributed by atoms with Crippen molar-refractivity contribution in [2.45, 2.75) is 44.9 Å². The van der Waals surface area contributed by atoms with Gasteiger partial charge in [-0.2, -0.15) is 10.3 Å². The zero-order valence-corrected chi connectivity index (χ0v) is 24.0. The quantitative estimate of drug-likeness (QED) is 0.125. The number of hydrogen-bond acceptors (Lipinski definition) is 10. The number of urea groups is 1. The highest BCUT2D eigenvalue weighted by Gasteiger charge is 2.52. The zero-order valence-electron chi connectivity index (χ0n) is 23.2. The summed E-state index contributed by atoms with van der Waals surface area (Å²) in [5.74, 6) is -0.676. The lowest BCUT2D eigenvalue weighted by molar-refractivity contribution is -0.157. The van der Waals surface area contributed by atoms with E-state index in [1.54, 1.807) is 22.0 Å². The highest BCUT2D eigenvalue weighted by Crippen LogP contribution is 2.33. The normalized spacial score (nSPS) is 18.8. The number of para-hydroxylation sites is 1. The number of benzene rings is 2. The van der Waals surface area contributed by atoms with Crippen LogP contribution in [-0.2, 0) is 22.6 Å². The highest BCUT2D eigenvalue weighted by molar-refractivity contribution is 7.22. The Labute approximate surface area is 246 Å². The predicted molar refractivity (Wildman–Crippen MR) is 157 cm³/mol. The fourth-order valence-electron chi connectivity index (χ4n) is 5.51. The van der Waals surface area contributed by atoms with E-state index in [1.165, 1.54) is 27.3 Å². The molecule has 1 aromatic heterocycles. The third-order valence-corrected chi connectivity index (χ3v) is 8.39. The highest BCUT2D eigenvalue weighted by atomic mass is 32.1. The third kappa shape index (κ3) is 5.61. The first-order chi connectivity index (χ1) is 20.2. The number of nitrogen functional groups attached to an aromatic ring is 2. The van der Waals surface area contributed by atoms with Crippen molar-refractivity contribution in [3.63, 3.8) is 0 Å². The van der Waals surface area contributed by atoms with E-state index in [0.29, 0.717) is 22.8 Å². The van der Waals surface area contributed by atoms with Crippen LogP contribution in [0, 0.1) is 11.3 Å². The maximum absolute atomic E-state index is 14.1. The number of amides is 4. The lowest BCUT2D eigenvalue weighted by Crippen LogP contribution is -2.66. The monoisotopic (exact) mass is 591 g/mol. The van der Waals surface area contributed by atoms with Gasteiger partial charge in [0.15, 0.2) is 5.13 Å². The number of anilines is 2. The number of thiazole rings is 1. The molecule has 0 aliphatic carbocycles. The minimum atomic E-state index is -0.906. The van der Waals surface area contributed by atoms with Gasteiger partial charge in [0, 0.05) is 19.5 Å². The molecule has 13 nitrogen and oxygen atoms in total. The summed E-state index contributed by atoms with van der Waals surface area (Å²) < 4.78 is 0.897. The average molecular weight is 592 g/mol. The number of unbranched alkanes of at least 4 members (excludes halogenated alkanes) is 1. The van der Waals surface area contributed by atoms with E-state index in [0.717, 1.165) is 23.1 Å². The summed E-state index contributed by atoms with van der Waals surface area (Å²) in [6.45, 7) is 2.33. The molecule has 3 aromatic rings. The Hall–Kier alpha value is -4.61. The molecular formula is C28H33N9O4S. The topological polar surface area (TPSA) is 185 Å². The number of piperazine rings is 1. The van der Waals surface area contributed by atoms with E-state index >= 15 is 0 Å². The van der Waals surface area contributed by atoms with Gasteiger partial charge in [-0.05, 0) is 35.7 Å². The van der Waals surface area contributed by atoms with Crippen LogP contribution < -0.4 is 16.8 Å².